The average Bonchev–Trinajstić information content (AvgIpc) is 2.70. The lowest BCUT2D eigenvalue weighted by Crippen LogP contribution is -2.32. The normalized spacial score (nSPS) is 18.8. The van der Waals surface area contributed by atoms with E-state index >= 15 is 0 Å². The predicted molar refractivity (Wildman–Crippen MR) is 109 cm³/mol. The van der Waals surface area contributed by atoms with Crippen LogP contribution in [-0.2, 0) is 9.53 Å². The highest BCUT2D eigenvalue weighted by Gasteiger charge is 2.19. The lowest BCUT2D eigenvalue weighted by Gasteiger charge is -2.24. The third-order valence-electron chi connectivity index (χ3n) is 3.54. The van der Waals surface area contributed by atoms with Crippen LogP contribution in [0.4, 0.5) is 0 Å². The van der Waals surface area contributed by atoms with Crippen LogP contribution in [0.2, 0.25) is 0 Å². The standard InChI is InChI=1S/C20H29BrN2O2/c1-7-17(21)14-22-19(15(2)3)23-11-8-9-16(10-12-23)13-18(24)25-20(4,5)6/h7,13-14H,1-2,8-12H2,3-6H3/b16-13-,17-14+,22-19?. The molecule has 0 N–H and O–H groups in total. The number of hydrogen-bond donors (Lipinski definition) is 0. The van der Waals surface area contributed by atoms with Gasteiger partial charge in [0, 0.05) is 29.8 Å². The fraction of sp³-hybridized carbons (Fsp3) is 0.500. The molecule has 1 aliphatic rings. The summed E-state index contributed by atoms with van der Waals surface area (Å²) in [5.74, 6) is 0.611. The Bertz CT molecular complexity index is 610. The molecule has 4 nitrogen and oxygen atoms in total. The van der Waals surface area contributed by atoms with Gasteiger partial charge in [-0.15, -0.1) is 0 Å². The van der Waals surface area contributed by atoms with Gasteiger partial charge in [0.1, 0.15) is 11.4 Å². The SMILES string of the molecule is C=C/C(Br)=C\N=C(C(=C)C)N1CCC/C(=C/C(=O)OC(C)(C)C)CC1. The van der Waals surface area contributed by atoms with Crippen molar-refractivity contribution in [3.63, 3.8) is 0 Å². The number of nitrogens with zero attached hydrogens (tertiary/aromatic N) is 2. The lowest BCUT2D eigenvalue weighted by atomic mass is 10.1. The van der Waals surface area contributed by atoms with Crippen LogP contribution in [0.15, 0.2) is 52.1 Å². The van der Waals surface area contributed by atoms with Gasteiger partial charge in [-0.25, -0.2) is 9.79 Å². The van der Waals surface area contributed by atoms with Crippen LogP contribution in [-0.4, -0.2) is 35.4 Å². The van der Waals surface area contributed by atoms with Crippen molar-refractivity contribution in [1.82, 2.24) is 4.90 Å². The highest BCUT2D eigenvalue weighted by Crippen LogP contribution is 2.20. The number of likely N-dealkylation sites (tertiary alicyclic amines) is 1. The van der Waals surface area contributed by atoms with E-state index in [4.69, 9.17) is 4.74 Å². The van der Waals surface area contributed by atoms with Gasteiger partial charge in [-0.2, -0.15) is 0 Å². The second-order valence-corrected chi connectivity index (χ2v) is 8.04. The zero-order valence-corrected chi connectivity index (χ0v) is 17.4. The van der Waals surface area contributed by atoms with Gasteiger partial charge < -0.3 is 9.64 Å². The van der Waals surface area contributed by atoms with E-state index in [0.717, 1.165) is 53.8 Å². The maximum Gasteiger partial charge on any atom is 0.331 e. The van der Waals surface area contributed by atoms with Gasteiger partial charge in [-0.1, -0.05) is 24.8 Å². The fourth-order valence-electron chi connectivity index (χ4n) is 2.50. The zero-order valence-electron chi connectivity index (χ0n) is 15.8. The molecule has 1 fully saturated rings. The van der Waals surface area contributed by atoms with Crippen LogP contribution in [0.1, 0.15) is 47.0 Å². The highest BCUT2D eigenvalue weighted by atomic mass is 79.9. The van der Waals surface area contributed by atoms with E-state index in [2.05, 4.69) is 39.0 Å². The Labute approximate surface area is 160 Å². The Hall–Kier alpha value is -1.62. The summed E-state index contributed by atoms with van der Waals surface area (Å²) in [6, 6.07) is 0. The Balaban J connectivity index is 2.84. The second kappa shape index (κ2) is 9.76. The molecule has 0 radical (unpaired) electrons. The smallest absolute Gasteiger partial charge is 0.331 e. The van der Waals surface area contributed by atoms with E-state index in [1.54, 1.807) is 18.4 Å². The maximum absolute atomic E-state index is 12.0. The number of allylic oxidation sites excluding steroid dienone is 2. The molecule has 138 valence electrons. The molecule has 0 spiro atoms. The summed E-state index contributed by atoms with van der Waals surface area (Å²) in [5, 5.41) is 0. The molecule has 0 aromatic heterocycles. The number of carbonyl (C=O) groups is 1. The zero-order chi connectivity index (χ0) is 19.0. The van der Waals surface area contributed by atoms with Crippen molar-refractivity contribution in [2.24, 2.45) is 4.99 Å². The molecular weight excluding hydrogens is 380 g/mol. The summed E-state index contributed by atoms with van der Waals surface area (Å²) in [5.41, 5.74) is 1.58. The van der Waals surface area contributed by atoms with Crippen molar-refractivity contribution >= 4 is 27.7 Å². The second-order valence-electron chi connectivity index (χ2n) is 7.13. The number of hydrogen-bond acceptors (Lipinski definition) is 3. The number of ether oxygens (including phenoxy) is 1. The topological polar surface area (TPSA) is 41.9 Å². The molecule has 0 atom stereocenters. The molecule has 0 bridgehead atoms. The third kappa shape index (κ3) is 8.34. The number of amidine groups is 1. The molecule has 5 heteroatoms. The van der Waals surface area contributed by atoms with Gasteiger partial charge in [0.25, 0.3) is 0 Å². The minimum Gasteiger partial charge on any atom is -0.457 e. The Morgan fingerprint density at radius 1 is 1.32 bits per heavy atom. The highest BCUT2D eigenvalue weighted by molar-refractivity contribution is 9.11. The lowest BCUT2D eigenvalue weighted by molar-refractivity contribution is -0.148. The number of aliphatic imine (C=N–C) groups is 1. The summed E-state index contributed by atoms with van der Waals surface area (Å²) in [7, 11) is 0. The molecular formula is C20H29BrN2O2. The van der Waals surface area contributed by atoms with Crippen molar-refractivity contribution in [1.29, 1.82) is 0 Å². The molecule has 0 aromatic rings. The van der Waals surface area contributed by atoms with Crippen LogP contribution >= 0.6 is 15.9 Å². The molecule has 0 saturated carbocycles. The quantitative estimate of drug-likeness (QED) is 0.212. The van der Waals surface area contributed by atoms with Crippen molar-refractivity contribution < 1.29 is 9.53 Å². The molecule has 1 heterocycles. The summed E-state index contributed by atoms with van der Waals surface area (Å²) >= 11 is 3.38. The number of halogens is 1. The molecule has 0 aromatic carbocycles. The maximum atomic E-state index is 12.0. The molecule has 25 heavy (non-hydrogen) atoms. The van der Waals surface area contributed by atoms with Crippen molar-refractivity contribution in [3.05, 3.63) is 47.1 Å². The first-order chi connectivity index (χ1) is 11.6. The van der Waals surface area contributed by atoms with Crippen molar-refractivity contribution in [3.8, 4) is 0 Å². The van der Waals surface area contributed by atoms with Crippen LogP contribution in [0.25, 0.3) is 0 Å². The summed E-state index contributed by atoms with van der Waals surface area (Å²) in [4.78, 5) is 18.8. The summed E-state index contributed by atoms with van der Waals surface area (Å²) in [6.45, 7) is 17.0. The molecule has 0 aliphatic carbocycles. The summed E-state index contributed by atoms with van der Waals surface area (Å²) < 4.78 is 6.21. The van der Waals surface area contributed by atoms with Gasteiger partial charge in [0.05, 0.1) is 0 Å². The number of carbonyl (C=O) groups excluding carboxylic acids is 1. The molecule has 0 unspecified atom stereocenters. The van der Waals surface area contributed by atoms with Gasteiger partial charge in [0.15, 0.2) is 0 Å². The first-order valence-electron chi connectivity index (χ1n) is 8.51. The van der Waals surface area contributed by atoms with Crippen molar-refractivity contribution in [2.45, 2.75) is 52.6 Å². The molecule has 1 aliphatic heterocycles. The van der Waals surface area contributed by atoms with Crippen LogP contribution in [0, 0.1) is 0 Å². The number of esters is 1. The minimum absolute atomic E-state index is 0.261. The van der Waals surface area contributed by atoms with E-state index in [1.807, 2.05) is 27.7 Å². The van der Waals surface area contributed by atoms with Crippen LogP contribution < -0.4 is 0 Å². The number of rotatable bonds is 4. The van der Waals surface area contributed by atoms with Gasteiger partial charge in [-0.05, 0) is 68.5 Å². The molecule has 1 rings (SSSR count). The predicted octanol–water partition coefficient (Wildman–Crippen LogP) is 5.14. The fourth-order valence-corrected chi connectivity index (χ4v) is 2.61. The monoisotopic (exact) mass is 408 g/mol. The average molecular weight is 409 g/mol. The first kappa shape index (κ1) is 21.4. The van der Waals surface area contributed by atoms with Crippen LogP contribution in [0.3, 0.4) is 0 Å². The van der Waals surface area contributed by atoms with Gasteiger partial charge in [-0.3, -0.25) is 0 Å². The Morgan fingerprint density at radius 3 is 2.56 bits per heavy atom. The minimum atomic E-state index is -0.463. The Morgan fingerprint density at radius 2 is 2.00 bits per heavy atom. The third-order valence-corrected chi connectivity index (χ3v) is 4.07. The Kier molecular flexibility index (Phi) is 8.36. The van der Waals surface area contributed by atoms with E-state index in [0.29, 0.717) is 0 Å². The molecule has 1 saturated heterocycles. The van der Waals surface area contributed by atoms with Gasteiger partial charge >= 0.3 is 5.97 Å². The summed E-state index contributed by atoms with van der Waals surface area (Å²) in [6.07, 6.45) is 7.76. The van der Waals surface area contributed by atoms with E-state index in [9.17, 15) is 4.79 Å². The largest absolute Gasteiger partial charge is 0.457 e. The van der Waals surface area contributed by atoms with Crippen molar-refractivity contribution in [2.75, 3.05) is 13.1 Å². The van der Waals surface area contributed by atoms with E-state index in [-0.39, 0.29) is 5.97 Å². The first-order valence-corrected chi connectivity index (χ1v) is 9.31. The van der Waals surface area contributed by atoms with Gasteiger partial charge in [0.2, 0.25) is 0 Å². The van der Waals surface area contributed by atoms with Crippen LogP contribution in [0.5, 0.6) is 0 Å². The van der Waals surface area contributed by atoms with E-state index < -0.39 is 5.60 Å². The molecule has 0 amide bonds. The van der Waals surface area contributed by atoms with E-state index in [1.165, 1.54) is 0 Å².